The van der Waals surface area contributed by atoms with Crippen molar-refractivity contribution in [2.45, 2.75) is 18.7 Å². The van der Waals surface area contributed by atoms with Gasteiger partial charge in [0.25, 0.3) is 5.69 Å². The summed E-state index contributed by atoms with van der Waals surface area (Å²) in [6, 6.07) is 3.24. The van der Waals surface area contributed by atoms with E-state index in [1.807, 2.05) is 0 Å². The average Bonchev–Trinajstić information content (AvgIpc) is 2.19. The molecule has 1 unspecified atom stereocenters. The summed E-state index contributed by atoms with van der Waals surface area (Å²) >= 11 is 5.49. The fourth-order valence-corrected chi connectivity index (χ4v) is 1.35. The monoisotopic (exact) mass is 269 g/mol. The lowest BCUT2D eigenvalue weighted by Gasteiger charge is -2.14. The molecular weight excluding hydrogens is 263 g/mol. The fraction of sp³-hybridized carbons (Fsp3) is 0.333. The van der Waals surface area contributed by atoms with E-state index in [-0.39, 0.29) is 10.6 Å². The summed E-state index contributed by atoms with van der Waals surface area (Å²) in [6.45, 7) is 0. The summed E-state index contributed by atoms with van der Waals surface area (Å²) < 4.78 is 36.2. The Morgan fingerprint density at radius 2 is 2.06 bits per heavy atom. The second kappa shape index (κ2) is 4.89. The van der Waals surface area contributed by atoms with Gasteiger partial charge in [0.15, 0.2) is 6.10 Å². The maximum absolute atomic E-state index is 12.1. The highest BCUT2D eigenvalue weighted by molar-refractivity contribution is 6.32. The van der Waals surface area contributed by atoms with Gasteiger partial charge in [0.2, 0.25) is 0 Å². The molecule has 0 aliphatic carbocycles. The van der Waals surface area contributed by atoms with Gasteiger partial charge in [-0.1, -0.05) is 17.7 Å². The summed E-state index contributed by atoms with van der Waals surface area (Å²) in [6.07, 6.45) is -8.06. The maximum Gasteiger partial charge on any atom is 0.414 e. The van der Waals surface area contributed by atoms with Crippen LogP contribution in [0.4, 0.5) is 18.9 Å². The van der Waals surface area contributed by atoms with E-state index in [4.69, 9.17) is 16.7 Å². The Morgan fingerprint density at radius 3 is 2.53 bits per heavy atom. The van der Waals surface area contributed by atoms with Crippen molar-refractivity contribution in [2.24, 2.45) is 0 Å². The number of halogens is 4. The first-order valence-electron chi connectivity index (χ1n) is 4.39. The van der Waals surface area contributed by atoms with Gasteiger partial charge in [-0.15, -0.1) is 0 Å². The van der Waals surface area contributed by atoms with Crippen molar-refractivity contribution in [3.8, 4) is 0 Å². The maximum atomic E-state index is 12.1. The van der Waals surface area contributed by atoms with E-state index in [0.717, 1.165) is 12.1 Å². The molecule has 94 valence electrons. The number of aliphatic hydroxyl groups excluding tert-OH is 1. The third-order valence-electron chi connectivity index (χ3n) is 2.01. The molecule has 0 spiro atoms. The number of nitro benzene ring substituents is 1. The molecule has 1 aromatic carbocycles. The lowest BCUT2D eigenvalue weighted by Crippen LogP contribution is -2.30. The molecule has 0 aromatic heterocycles. The first kappa shape index (κ1) is 13.7. The number of nitrogens with zero attached hydrogens (tertiary/aromatic N) is 1. The second-order valence-electron chi connectivity index (χ2n) is 3.30. The Hall–Kier alpha value is -1.34. The molecule has 1 N–H and O–H groups in total. The van der Waals surface area contributed by atoms with E-state index in [0.29, 0.717) is 0 Å². The van der Waals surface area contributed by atoms with Gasteiger partial charge in [0.1, 0.15) is 5.02 Å². The van der Waals surface area contributed by atoms with Gasteiger partial charge < -0.3 is 5.11 Å². The minimum absolute atomic E-state index is 0.00840. The highest BCUT2D eigenvalue weighted by atomic mass is 35.5. The number of aliphatic hydroxyl groups is 1. The van der Waals surface area contributed by atoms with Crippen LogP contribution in [0, 0.1) is 10.1 Å². The van der Waals surface area contributed by atoms with Crippen LogP contribution in [0.3, 0.4) is 0 Å². The van der Waals surface area contributed by atoms with Crippen molar-refractivity contribution in [2.75, 3.05) is 0 Å². The van der Waals surface area contributed by atoms with Crippen molar-refractivity contribution in [1.29, 1.82) is 0 Å². The van der Waals surface area contributed by atoms with Crippen LogP contribution in [0.1, 0.15) is 5.56 Å². The average molecular weight is 270 g/mol. The molecule has 0 saturated heterocycles. The van der Waals surface area contributed by atoms with Crippen molar-refractivity contribution >= 4 is 17.3 Å². The van der Waals surface area contributed by atoms with Crippen molar-refractivity contribution in [3.05, 3.63) is 38.9 Å². The van der Waals surface area contributed by atoms with Crippen LogP contribution >= 0.6 is 11.6 Å². The van der Waals surface area contributed by atoms with Gasteiger partial charge in [-0.2, -0.15) is 13.2 Å². The molecule has 0 bridgehead atoms. The Kier molecular flexibility index (Phi) is 3.94. The molecule has 4 nitrogen and oxygen atoms in total. The topological polar surface area (TPSA) is 63.4 Å². The molecular formula is C9H7ClF3NO3. The molecule has 8 heteroatoms. The standard InChI is InChI=1S/C9H7ClF3NO3/c10-6-2-1-5(3-7(6)14(16)17)4-8(15)9(11,12)13/h1-3,8,15H,4H2. The van der Waals surface area contributed by atoms with Gasteiger partial charge in [-0.3, -0.25) is 10.1 Å². The van der Waals surface area contributed by atoms with Gasteiger partial charge in [-0.25, -0.2) is 0 Å². The Bertz CT molecular complexity index is 436. The normalized spacial score (nSPS) is 13.5. The Balaban J connectivity index is 2.94. The predicted octanol–water partition coefficient (Wildman–Crippen LogP) is 2.71. The number of rotatable bonds is 3. The van der Waals surface area contributed by atoms with Gasteiger partial charge in [-0.05, 0) is 11.6 Å². The largest absolute Gasteiger partial charge is 0.414 e. The molecule has 1 rings (SSSR count). The van der Waals surface area contributed by atoms with Gasteiger partial charge in [0.05, 0.1) is 4.92 Å². The van der Waals surface area contributed by atoms with E-state index in [2.05, 4.69) is 0 Å². The Morgan fingerprint density at radius 1 is 1.47 bits per heavy atom. The predicted molar refractivity (Wildman–Crippen MR) is 53.9 cm³/mol. The summed E-state index contributed by atoms with van der Waals surface area (Å²) in [5.74, 6) is 0. The first-order valence-corrected chi connectivity index (χ1v) is 4.77. The minimum Gasteiger partial charge on any atom is -0.383 e. The zero-order chi connectivity index (χ0) is 13.2. The van der Waals surface area contributed by atoms with Gasteiger partial charge >= 0.3 is 6.18 Å². The van der Waals surface area contributed by atoms with Crippen LogP contribution in [0.5, 0.6) is 0 Å². The second-order valence-corrected chi connectivity index (χ2v) is 3.71. The van der Waals surface area contributed by atoms with E-state index in [1.54, 1.807) is 0 Å². The molecule has 0 radical (unpaired) electrons. The van der Waals surface area contributed by atoms with Crippen LogP contribution in [0.25, 0.3) is 0 Å². The number of hydrogen-bond acceptors (Lipinski definition) is 3. The minimum atomic E-state index is -4.76. The highest BCUT2D eigenvalue weighted by Gasteiger charge is 2.38. The Labute approximate surface area is 98.8 Å². The molecule has 17 heavy (non-hydrogen) atoms. The number of hydrogen-bond donors (Lipinski definition) is 1. The fourth-order valence-electron chi connectivity index (χ4n) is 1.16. The highest BCUT2D eigenvalue weighted by Crippen LogP contribution is 2.28. The van der Waals surface area contributed by atoms with E-state index in [1.165, 1.54) is 6.07 Å². The molecule has 1 aromatic rings. The van der Waals surface area contributed by atoms with Crippen LogP contribution < -0.4 is 0 Å². The van der Waals surface area contributed by atoms with E-state index in [9.17, 15) is 23.3 Å². The SMILES string of the molecule is O=[N+]([O-])c1cc(CC(O)C(F)(F)F)ccc1Cl. The lowest BCUT2D eigenvalue weighted by molar-refractivity contribution is -0.384. The summed E-state index contributed by atoms with van der Waals surface area (Å²) in [5, 5.41) is 19.1. The van der Waals surface area contributed by atoms with Crippen molar-refractivity contribution < 1.29 is 23.2 Å². The molecule has 0 aliphatic heterocycles. The first-order chi connectivity index (χ1) is 7.71. The molecule has 0 heterocycles. The third-order valence-corrected chi connectivity index (χ3v) is 2.33. The quantitative estimate of drug-likeness (QED) is 0.678. The summed E-state index contributed by atoms with van der Waals surface area (Å²) in [5.41, 5.74) is -0.496. The van der Waals surface area contributed by atoms with E-state index >= 15 is 0 Å². The van der Waals surface area contributed by atoms with Crippen LogP contribution in [0.2, 0.25) is 5.02 Å². The number of nitro groups is 1. The lowest BCUT2D eigenvalue weighted by atomic mass is 10.1. The zero-order valence-electron chi connectivity index (χ0n) is 8.24. The van der Waals surface area contributed by atoms with Crippen LogP contribution in [-0.4, -0.2) is 22.3 Å². The van der Waals surface area contributed by atoms with E-state index < -0.39 is 29.3 Å². The van der Waals surface area contributed by atoms with Crippen molar-refractivity contribution in [3.63, 3.8) is 0 Å². The number of alkyl halides is 3. The number of benzene rings is 1. The summed E-state index contributed by atoms with van der Waals surface area (Å²) in [7, 11) is 0. The molecule has 0 fully saturated rings. The molecule has 0 saturated carbocycles. The molecule has 0 aliphatic rings. The van der Waals surface area contributed by atoms with Crippen LogP contribution in [-0.2, 0) is 6.42 Å². The summed E-state index contributed by atoms with van der Waals surface area (Å²) in [4.78, 5) is 9.69. The zero-order valence-corrected chi connectivity index (χ0v) is 9.00. The van der Waals surface area contributed by atoms with Crippen molar-refractivity contribution in [1.82, 2.24) is 0 Å². The van der Waals surface area contributed by atoms with Crippen LogP contribution in [0.15, 0.2) is 18.2 Å². The third kappa shape index (κ3) is 3.57. The smallest absolute Gasteiger partial charge is 0.383 e. The van der Waals surface area contributed by atoms with Gasteiger partial charge in [0, 0.05) is 12.5 Å². The molecule has 0 amide bonds. The molecule has 1 atom stereocenters.